The molecule has 0 radical (unpaired) electrons. The van der Waals surface area contributed by atoms with Crippen LogP contribution in [0.2, 0.25) is 0 Å². The lowest BCUT2D eigenvalue weighted by Crippen LogP contribution is -2.23. The number of aromatic nitrogens is 2. The number of hydrogen-bond donors (Lipinski definition) is 2. The van der Waals surface area contributed by atoms with E-state index in [0.29, 0.717) is 11.1 Å². The summed E-state index contributed by atoms with van der Waals surface area (Å²) in [6.07, 6.45) is 4.56. The molecule has 0 fully saturated rings. The van der Waals surface area contributed by atoms with Gasteiger partial charge >= 0.3 is 0 Å². The molecule has 0 saturated carbocycles. The van der Waals surface area contributed by atoms with E-state index in [1.807, 2.05) is 13.0 Å². The van der Waals surface area contributed by atoms with Crippen LogP contribution in [0.4, 0.5) is 5.82 Å². The van der Waals surface area contributed by atoms with Gasteiger partial charge in [-0.2, -0.15) is 8.42 Å². The fraction of sp³-hybridized carbons (Fsp3) is 0.167. The van der Waals surface area contributed by atoms with Gasteiger partial charge in [-0.1, -0.05) is 34.1 Å². The Morgan fingerprint density at radius 2 is 2.00 bits per heavy atom. The Hall–Kier alpha value is -2.28. The molecule has 0 spiro atoms. The van der Waals surface area contributed by atoms with Gasteiger partial charge in [0.1, 0.15) is 19.5 Å². The number of nitrogens with one attached hydrogen (secondary N) is 1. The Kier molecular flexibility index (Phi) is 8.96. The van der Waals surface area contributed by atoms with Gasteiger partial charge in [0.05, 0.1) is 5.56 Å². The summed E-state index contributed by atoms with van der Waals surface area (Å²) in [6.45, 7) is 5.80. The van der Waals surface area contributed by atoms with E-state index in [0.717, 1.165) is 8.96 Å². The van der Waals surface area contributed by atoms with Gasteiger partial charge in [-0.15, -0.1) is 0 Å². The largest absolute Gasteiger partial charge is 0.474 e. The fourth-order valence-corrected chi connectivity index (χ4v) is 2.90. The van der Waals surface area contributed by atoms with Gasteiger partial charge in [-0.3, -0.25) is 4.72 Å². The second-order valence-electron chi connectivity index (χ2n) is 5.58. The summed E-state index contributed by atoms with van der Waals surface area (Å²) in [6, 6.07) is 7.11. The first-order valence-corrected chi connectivity index (χ1v) is 11.5. The number of halogens is 2. The highest BCUT2D eigenvalue weighted by Crippen LogP contribution is 2.34. The number of ether oxygens (including phenoxy) is 2. The SMILES string of the molecule is C=C(/N=C\C(Br)=C/C)OCCOc1ncnc(NS(N)(=O)=O)c1-c1ccc(Br)cc1. The molecule has 0 atom stereocenters. The highest BCUT2D eigenvalue weighted by atomic mass is 79.9. The van der Waals surface area contributed by atoms with Crippen molar-refractivity contribution in [3.8, 4) is 17.0 Å². The van der Waals surface area contributed by atoms with Crippen molar-refractivity contribution in [2.45, 2.75) is 6.92 Å². The molecule has 12 heteroatoms. The van der Waals surface area contributed by atoms with Crippen LogP contribution in [0.5, 0.6) is 5.88 Å². The topological polar surface area (TPSA) is 129 Å². The number of rotatable bonds is 10. The maximum absolute atomic E-state index is 11.5. The lowest BCUT2D eigenvalue weighted by atomic mass is 10.1. The summed E-state index contributed by atoms with van der Waals surface area (Å²) in [7, 11) is -4.05. The molecular formula is C18H19Br2N5O4S. The zero-order chi connectivity index (χ0) is 22.1. The Labute approximate surface area is 191 Å². The Morgan fingerprint density at radius 3 is 2.63 bits per heavy atom. The molecule has 0 bridgehead atoms. The summed E-state index contributed by atoms with van der Waals surface area (Å²) in [4.78, 5) is 12.1. The van der Waals surface area contributed by atoms with Crippen LogP contribution < -0.4 is 14.6 Å². The van der Waals surface area contributed by atoms with Crippen LogP contribution in [0.15, 0.2) is 63.1 Å². The fourth-order valence-electron chi connectivity index (χ4n) is 2.11. The van der Waals surface area contributed by atoms with Crippen molar-refractivity contribution in [1.29, 1.82) is 0 Å². The molecule has 0 saturated heterocycles. The zero-order valence-corrected chi connectivity index (χ0v) is 19.9. The van der Waals surface area contributed by atoms with E-state index < -0.39 is 10.2 Å². The predicted molar refractivity (Wildman–Crippen MR) is 124 cm³/mol. The number of allylic oxidation sites excluding steroid dienone is 2. The molecule has 0 aliphatic heterocycles. The van der Waals surface area contributed by atoms with Gasteiger partial charge in [0, 0.05) is 15.2 Å². The molecule has 0 aliphatic carbocycles. The number of hydrogen-bond acceptors (Lipinski definition) is 7. The van der Waals surface area contributed by atoms with Gasteiger partial charge in [0.25, 0.3) is 10.2 Å². The van der Waals surface area contributed by atoms with Crippen molar-refractivity contribution < 1.29 is 17.9 Å². The van der Waals surface area contributed by atoms with E-state index in [1.54, 1.807) is 30.5 Å². The molecule has 160 valence electrons. The molecular weight excluding hydrogens is 542 g/mol. The van der Waals surface area contributed by atoms with E-state index in [1.165, 1.54) is 6.33 Å². The van der Waals surface area contributed by atoms with E-state index in [4.69, 9.17) is 14.6 Å². The second-order valence-corrected chi connectivity index (χ2v) is 8.70. The van der Waals surface area contributed by atoms with Crippen molar-refractivity contribution in [2.75, 3.05) is 17.9 Å². The van der Waals surface area contributed by atoms with Gasteiger partial charge in [-0.25, -0.2) is 20.1 Å². The quantitative estimate of drug-likeness (QED) is 0.258. The maximum Gasteiger partial charge on any atom is 0.297 e. The first kappa shape index (κ1) is 24.0. The number of benzene rings is 1. The lowest BCUT2D eigenvalue weighted by Gasteiger charge is -2.14. The van der Waals surface area contributed by atoms with Crippen LogP contribution in [0.1, 0.15) is 6.92 Å². The number of anilines is 1. The van der Waals surface area contributed by atoms with Gasteiger partial charge in [0.15, 0.2) is 5.82 Å². The van der Waals surface area contributed by atoms with E-state index in [2.05, 4.69) is 58.1 Å². The predicted octanol–water partition coefficient (Wildman–Crippen LogP) is 3.76. The first-order valence-electron chi connectivity index (χ1n) is 8.41. The maximum atomic E-state index is 11.5. The lowest BCUT2D eigenvalue weighted by molar-refractivity contribution is 0.153. The minimum Gasteiger partial charge on any atom is -0.474 e. The third kappa shape index (κ3) is 7.86. The standard InChI is InChI=1S/C18H19Br2N5O4S/c1-3-14(19)10-22-12(2)28-8-9-29-18-16(13-4-6-15(20)7-5-13)17(23-11-24-18)25-30(21,26)27/h3-7,10-11H,2,8-9H2,1H3,(H2,21,26,27)(H,23,24,25)/b14-3+,22-10-. The molecule has 2 aromatic rings. The van der Waals surface area contributed by atoms with E-state index in [-0.39, 0.29) is 30.8 Å². The van der Waals surface area contributed by atoms with Crippen molar-refractivity contribution in [3.05, 3.63) is 58.1 Å². The Balaban J connectivity index is 2.17. The summed E-state index contributed by atoms with van der Waals surface area (Å²) < 4.78 is 37.9. The van der Waals surface area contributed by atoms with Crippen LogP contribution in [0.25, 0.3) is 11.1 Å². The van der Waals surface area contributed by atoms with Gasteiger partial charge in [-0.05, 0) is 47.1 Å². The number of aliphatic imine (C=N–C) groups is 1. The summed E-state index contributed by atoms with van der Waals surface area (Å²) in [5.41, 5.74) is 0.971. The van der Waals surface area contributed by atoms with Crippen LogP contribution in [0, 0.1) is 0 Å². The third-order valence-electron chi connectivity index (χ3n) is 3.38. The van der Waals surface area contributed by atoms with Crippen LogP contribution in [-0.4, -0.2) is 37.8 Å². The van der Waals surface area contributed by atoms with E-state index in [9.17, 15) is 8.42 Å². The molecule has 1 aromatic heterocycles. The summed E-state index contributed by atoms with van der Waals surface area (Å²) >= 11 is 6.65. The van der Waals surface area contributed by atoms with Crippen molar-refractivity contribution >= 4 is 54.1 Å². The normalized spacial score (nSPS) is 12.1. The molecule has 30 heavy (non-hydrogen) atoms. The van der Waals surface area contributed by atoms with Gasteiger partial charge < -0.3 is 9.47 Å². The number of nitrogens with two attached hydrogens (primary N) is 1. The minimum absolute atomic E-state index is 0.00375. The first-order chi connectivity index (χ1) is 14.2. The van der Waals surface area contributed by atoms with E-state index >= 15 is 0 Å². The smallest absolute Gasteiger partial charge is 0.297 e. The molecule has 9 nitrogen and oxygen atoms in total. The highest BCUT2D eigenvalue weighted by molar-refractivity contribution is 9.12. The van der Waals surface area contributed by atoms with Crippen molar-refractivity contribution in [3.63, 3.8) is 0 Å². The zero-order valence-electron chi connectivity index (χ0n) is 15.9. The minimum atomic E-state index is -4.05. The van der Waals surface area contributed by atoms with Crippen molar-refractivity contribution in [2.24, 2.45) is 10.1 Å². The van der Waals surface area contributed by atoms with Crippen LogP contribution >= 0.6 is 31.9 Å². The molecule has 1 aromatic carbocycles. The average Bonchev–Trinajstić information content (AvgIpc) is 2.69. The van der Waals surface area contributed by atoms with Gasteiger partial charge in [0.2, 0.25) is 11.8 Å². The second kappa shape index (κ2) is 11.2. The molecule has 0 unspecified atom stereocenters. The van der Waals surface area contributed by atoms with Crippen LogP contribution in [0.3, 0.4) is 0 Å². The third-order valence-corrected chi connectivity index (χ3v) is 5.05. The average molecular weight is 561 g/mol. The highest BCUT2D eigenvalue weighted by Gasteiger charge is 2.18. The molecule has 2 rings (SSSR count). The monoisotopic (exact) mass is 559 g/mol. The summed E-state index contributed by atoms with van der Waals surface area (Å²) in [5, 5.41) is 5.11. The Bertz CT molecular complexity index is 1060. The molecule has 3 N–H and O–H groups in total. The van der Waals surface area contributed by atoms with Crippen LogP contribution in [-0.2, 0) is 14.9 Å². The molecule has 1 heterocycles. The summed E-state index contributed by atoms with van der Waals surface area (Å²) in [5.74, 6) is 0.369. The molecule has 0 aliphatic rings. The number of nitrogens with zero attached hydrogens (tertiary/aromatic N) is 3. The Morgan fingerprint density at radius 1 is 1.30 bits per heavy atom. The molecule has 0 amide bonds. The van der Waals surface area contributed by atoms with Crippen molar-refractivity contribution in [1.82, 2.24) is 9.97 Å².